The topological polar surface area (TPSA) is 84.2 Å². The molecule has 0 saturated heterocycles. The van der Waals surface area contributed by atoms with Crippen molar-refractivity contribution in [3.63, 3.8) is 0 Å². The third-order valence-electron chi connectivity index (χ3n) is 5.85. The van der Waals surface area contributed by atoms with Crippen molar-refractivity contribution in [1.82, 2.24) is 24.7 Å². The van der Waals surface area contributed by atoms with E-state index in [0.29, 0.717) is 16.9 Å². The number of pyridine rings is 1. The number of hydrogen-bond donors (Lipinski definition) is 2. The Labute approximate surface area is 199 Å². The van der Waals surface area contributed by atoms with Crippen LogP contribution in [-0.2, 0) is 0 Å². The van der Waals surface area contributed by atoms with Gasteiger partial charge in [0.15, 0.2) is 11.5 Å². The van der Waals surface area contributed by atoms with Crippen LogP contribution in [0.4, 0.5) is 19.0 Å². The second-order valence-corrected chi connectivity index (χ2v) is 8.62. The Morgan fingerprint density at radius 3 is 2.60 bits per heavy atom. The molecule has 0 aliphatic heterocycles. The van der Waals surface area contributed by atoms with Gasteiger partial charge in [-0.15, -0.1) is 0 Å². The van der Waals surface area contributed by atoms with E-state index >= 15 is 0 Å². The molecule has 0 unspecified atom stereocenters. The molecule has 0 bridgehead atoms. The van der Waals surface area contributed by atoms with Gasteiger partial charge in [0, 0.05) is 47.9 Å². The van der Waals surface area contributed by atoms with Gasteiger partial charge in [-0.25, -0.2) is 9.97 Å². The van der Waals surface area contributed by atoms with Gasteiger partial charge < -0.3 is 10.6 Å². The molecule has 35 heavy (non-hydrogen) atoms. The van der Waals surface area contributed by atoms with Gasteiger partial charge in [-0.1, -0.05) is 6.07 Å². The number of nitrogens with zero attached hydrogens (tertiary/aromatic N) is 4. The molecule has 5 rings (SSSR count). The van der Waals surface area contributed by atoms with Crippen LogP contribution in [0.1, 0.15) is 35.2 Å². The molecule has 0 atom stereocenters. The summed E-state index contributed by atoms with van der Waals surface area (Å²) in [5.74, 6) is 0.169. The lowest BCUT2D eigenvalue weighted by atomic mass is 10.0. The van der Waals surface area contributed by atoms with Crippen molar-refractivity contribution in [2.45, 2.75) is 38.4 Å². The zero-order valence-electron chi connectivity index (χ0n) is 18.9. The molecule has 3 heterocycles. The van der Waals surface area contributed by atoms with Gasteiger partial charge >= 0.3 is 6.18 Å². The second kappa shape index (κ2) is 9.01. The molecule has 1 amide bonds. The largest absolute Gasteiger partial charge is 0.390 e. The van der Waals surface area contributed by atoms with Gasteiger partial charge in [-0.3, -0.25) is 14.2 Å². The molecule has 2 N–H and O–H groups in total. The highest BCUT2D eigenvalue weighted by Crippen LogP contribution is 2.29. The van der Waals surface area contributed by atoms with Gasteiger partial charge in [0.1, 0.15) is 0 Å². The van der Waals surface area contributed by atoms with Gasteiger partial charge in [0.05, 0.1) is 24.0 Å². The number of benzene rings is 1. The fraction of sp³-hybridized carbons (Fsp3) is 0.280. The minimum Gasteiger partial charge on any atom is -0.367 e. The number of carbonyl (C=O) groups is 1. The first-order valence-corrected chi connectivity index (χ1v) is 11.3. The summed E-state index contributed by atoms with van der Waals surface area (Å²) < 4.78 is 40.0. The highest BCUT2D eigenvalue weighted by molar-refractivity contribution is 5.96. The predicted octanol–water partition coefficient (Wildman–Crippen LogP) is 5.02. The molecule has 1 aliphatic carbocycles. The van der Waals surface area contributed by atoms with Crippen LogP contribution in [0.3, 0.4) is 0 Å². The lowest BCUT2D eigenvalue weighted by Crippen LogP contribution is -2.26. The number of fused-ring (bicyclic) bond motifs is 1. The number of aromatic nitrogens is 4. The Balaban J connectivity index is 1.54. The van der Waals surface area contributed by atoms with Crippen molar-refractivity contribution >= 4 is 17.4 Å². The van der Waals surface area contributed by atoms with Crippen LogP contribution in [0.5, 0.6) is 0 Å². The minimum atomic E-state index is -4.28. The Morgan fingerprint density at radius 1 is 1.14 bits per heavy atom. The molecule has 1 aromatic carbocycles. The van der Waals surface area contributed by atoms with E-state index in [-0.39, 0.29) is 24.3 Å². The number of aryl methyl sites for hydroxylation is 1. The summed E-state index contributed by atoms with van der Waals surface area (Å²) >= 11 is 0. The first-order chi connectivity index (χ1) is 16.8. The van der Waals surface area contributed by atoms with Crippen molar-refractivity contribution in [2.75, 3.05) is 11.9 Å². The molecule has 0 radical (unpaired) electrons. The standard InChI is InChI=1S/C25H23F3N6O/c1-15-12-17(2-5-19(15)24(35)32-18-3-4-18)21-13-31-23-22(30-11-8-25(26,27)28)33-20(14-34(21)23)16-6-9-29-10-7-16/h2,5-7,9-10,12-14,18H,3-4,8,11H2,1H3,(H,30,33)(H,32,35). The number of rotatable bonds is 7. The molecule has 10 heteroatoms. The Kier molecular flexibility index (Phi) is 5.88. The summed E-state index contributed by atoms with van der Waals surface area (Å²) in [6.45, 7) is 1.56. The molecular weight excluding hydrogens is 457 g/mol. The molecular formula is C25H23F3N6O. The first-order valence-electron chi connectivity index (χ1n) is 11.3. The van der Waals surface area contributed by atoms with Crippen LogP contribution in [0, 0.1) is 6.92 Å². The Morgan fingerprint density at radius 2 is 1.91 bits per heavy atom. The fourth-order valence-electron chi connectivity index (χ4n) is 3.87. The normalized spacial score (nSPS) is 13.7. The van der Waals surface area contributed by atoms with Crippen LogP contribution >= 0.6 is 0 Å². The summed E-state index contributed by atoms with van der Waals surface area (Å²) in [5, 5.41) is 5.80. The fourth-order valence-corrected chi connectivity index (χ4v) is 3.87. The highest BCUT2D eigenvalue weighted by Gasteiger charge is 2.27. The number of alkyl halides is 3. The van der Waals surface area contributed by atoms with Crippen molar-refractivity contribution in [2.24, 2.45) is 0 Å². The van der Waals surface area contributed by atoms with Crippen molar-refractivity contribution in [3.05, 3.63) is 66.2 Å². The van der Waals surface area contributed by atoms with E-state index in [1.54, 1.807) is 47.4 Å². The minimum absolute atomic E-state index is 0.0879. The van der Waals surface area contributed by atoms with Gasteiger partial charge in [0.2, 0.25) is 0 Å². The number of amides is 1. The Hall–Kier alpha value is -3.95. The first kappa shape index (κ1) is 22.8. The van der Waals surface area contributed by atoms with Gasteiger partial charge in [0.25, 0.3) is 5.91 Å². The van der Waals surface area contributed by atoms with Gasteiger partial charge in [-0.05, 0) is 49.6 Å². The zero-order chi connectivity index (χ0) is 24.6. The Bertz CT molecular complexity index is 1380. The molecule has 1 fully saturated rings. The van der Waals surface area contributed by atoms with E-state index in [9.17, 15) is 18.0 Å². The van der Waals surface area contributed by atoms with E-state index in [1.807, 2.05) is 19.1 Å². The lowest BCUT2D eigenvalue weighted by molar-refractivity contribution is -0.131. The number of anilines is 1. The maximum absolute atomic E-state index is 12.7. The van der Waals surface area contributed by atoms with Crippen LogP contribution in [0.2, 0.25) is 0 Å². The molecule has 1 aliphatic rings. The number of nitrogens with one attached hydrogen (secondary N) is 2. The summed E-state index contributed by atoms with van der Waals surface area (Å²) in [5.41, 5.74) is 4.73. The summed E-state index contributed by atoms with van der Waals surface area (Å²) in [6, 6.07) is 9.37. The van der Waals surface area contributed by atoms with Gasteiger partial charge in [-0.2, -0.15) is 13.2 Å². The summed E-state index contributed by atoms with van der Waals surface area (Å²) in [4.78, 5) is 25.5. The number of hydrogen-bond acceptors (Lipinski definition) is 5. The molecule has 1 saturated carbocycles. The zero-order valence-corrected chi connectivity index (χ0v) is 18.9. The average Bonchev–Trinajstić information content (AvgIpc) is 3.53. The molecule has 7 nitrogen and oxygen atoms in total. The lowest BCUT2D eigenvalue weighted by Gasteiger charge is -2.13. The third kappa shape index (κ3) is 5.11. The quantitative estimate of drug-likeness (QED) is 0.388. The molecule has 180 valence electrons. The van der Waals surface area contributed by atoms with E-state index < -0.39 is 12.6 Å². The van der Waals surface area contributed by atoms with Crippen LogP contribution in [0.25, 0.3) is 28.2 Å². The number of imidazole rings is 1. The molecule has 4 aromatic rings. The third-order valence-corrected chi connectivity index (χ3v) is 5.85. The highest BCUT2D eigenvalue weighted by atomic mass is 19.4. The molecule has 3 aromatic heterocycles. The van der Waals surface area contributed by atoms with E-state index in [2.05, 4.69) is 25.6 Å². The number of carbonyl (C=O) groups excluding carboxylic acids is 1. The smallest absolute Gasteiger partial charge is 0.367 e. The van der Waals surface area contributed by atoms with E-state index in [4.69, 9.17) is 0 Å². The van der Waals surface area contributed by atoms with Crippen LogP contribution in [0.15, 0.2) is 55.1 Å². The van der Waals surface area contributed by atoms with Crippen molar-refractivity contribution in [3.8, 4) is 22.5 Å². The van der Waals surface area contributed by atoms with E-state index in [0.717, 1.165) is 35.2 Å². The number of halogens is 3. The summed E-state index contributed by atoms with van der Waals surface area (Å²) in [6.07, 6.45) is 3.46. The monoisotopic (exact) mass is 480 g/mol. The average molecular weight is 480 g/mol. The van der Waals surface area contributed by atoms with Crippen molar-refractivity contribution < 1.29 is 18.0 Å². The predicted molar refractivity (Wildman–Crippen MR) is 126 cm³/mol. The SMILES string of the molecule is Cc1cc(-c2cnc3c(NCCC(F)(F)F)nc(-c4ccncc4)cn23)ccc1C(=O)NC1CC1. The second-order valence-electron chi connectivity index (χ2n) is 8.62. The molecule has 0 spiro atoms. The van der Waals surface area contributed by atoms with E-state index in [1.165, 1.54) is 0 Å². The van der Waals surface area contributed by atoms with Crippen molar-refractivity contribution in [1.29, 1.82) is 0 Å². The van der Waals surface area contributed by atoms with Crippen LogP contribution in [-0.4, -0.2) is 44.0 Å². The maximum atomic E-state index is 12.7. The van der Waals surface area contributed by atoms with Crippen LogP contribution < -0.4 is 10.6 Å². The summed E-state index contributed by atoms with van der Waals surface area (Å²) in [7, 11) is 0. The maximum Gasteiger partial charge on any atom is 0.390 e.